The van der Waals surface area contributed by atoms with Crippen molar-refractivity contribution in [1.29, 1.82) is 0 Å². The Kier molecular flexibility index (Phi) is 4.45. The van der Waals surface area contributed by atoms with E-state index in [1.807, 2.05) is 12.1 Å². The van der Waals surface area contributed by atoms with E-state index in [1.165, 1.54) is 5.56 Å². The molecule has 106 valence electrons. The first-order valence-electron chi connectivity index (χ1n) is 6.74. The smallest absolute Gasteiger partial charge is 0.118 e. The lowest BCUT2D eigenvalue weighted by molar-refractivity contribution is -0.00185. The number of hydrogen-bond donors (Lipinski definition) is 3. The minimum Gasteiger partial charge on any atom is -0.497 e. The van der Waals surface area contributed by atoms with Crippen molar-refractivity contribution in [3.8, 4) is 5.75 Å². The molecule has 0 saturated heterocycles. The molecule has 0 spiro atoms. The first-order chi connectivity index (χ1) is 9.04. The summed E-state index contributed by atoms with van der Waals surface area (Å²) in [6, 6.07) is 8.65. The van der Waals surface area contributed by atoms with Crippen LogP contribution in [0.3, 0.4) is 0 Å². The largest absolute Gasteiger partial charge is 0.497 e. The molecule has 0 aliphatic heterocycles. The van der Waals surface area contributed by atoms with Crippen LogP contribution in [0.15, 0.2) is 24.3 Å². The lowest BCUT2D eigenvalue weighted by Crippen LogP contribution is -2.48. The molecule has 0 heterocycles. The first kappa shape index (κ1) is 14.3. The predicted octanol–water partition coefficient (Wildman–Crippen LogP) is 1.27. The van der Waals surface area contributed by atoms with Crippen LogP contribution in [0.5, 0.6) is 5.75 Å². The van der Waals surface area contributed by atoms with Crippen LogP contribution in [-0.2, 0) is 0 Å². The summed E-state index contributed by atoms with van der Waals surface area (Å²) in [6.45, 7) is 1.86. The molecule has 1 aliphatic carbocycles. The summed E-state index contributed by atoms with van der Waals surface area (Å²) < 4.78 is 5.15. The zero-order chi connectivity index (χ0) is 13.9. The van der Waals surface area contributed by atoms with Crippen molar-refractivity contribution in [2.75, 3.05) is 20.3 Å². The molecule has 3 N–H and O–H groups in total. The second-order valence-corrected chi connectivity index (χ2v) is 5.67. The minimum atomic E-state index is -1.02. The van der Waals surface area contributed by atoms with Gasteiger partial charge in [-0.1, -0.05) is 12.1 Å². The van der Waals surface area contributed by atoms with E-state index in [9.17, 15) is 5.11 Å². The fourth-order valence-corrected chi connectivity index (χ4v) is 2.35. The highest BCUT2D eigenvalue weighted by atomic mass is 16.5. The SMILES string of the molecule is COc1ccc(C2CC(NCC(C)(O)CO)C2)cc1. The molecule has 2 rings (SSSR count). The van der Waals surface area contributed by atoms with Crippen molar-refractivity contribution in [1.82, 2.24) is 5.32 Å². The van der Waals surface area contributed by atoms with Crippen LogP contribution in [0.2, 0.25) is 0 Å². The van der Waals surface area contributed by atoms with Crippen LogP contribution in [0.1, 0.15) is 31.2 Å². The predicted molar refractivity (Wildman–Crippen MR) is 74.5 cm³/mol. The second kappa shape index (κ2) is 5.90. The molecule has 1 unspecified atom stereocenters. The molecule has 1 atom stereocenters. The van der Waals surface area contributed by atoms with Crippen molar-refractivity contribution in [3.63, 3.8) is 0 Å². The van der Waals surface area contributed by atoms with E-state index < -0.39 is 5.60 Å². The maximum atomic E-state index is 9.71. The fourth-order valence-electron chi connectivity index (χ4n) is 2.35. The zero-order valence-electron chi connectivity index (χ0n) is 11.6. The van der Waals surface area contributed by atoms with Gasteiger partial charge in [0.25, 0.3) is 0 Å². The Morgan fingerprint density at radius 3 is 2.47 bits per heavy atom. The number of nitrogens with one attached hydrogen (secondary N) is 1. The number of methoxy groups -OCH3 is 1. The molecule has 0 aromatic heterocycles. The number of hydrogen-bond acceptors (Lipinski definition) is 4. The third-order valence-corrected chi connectivity index (χ3v) is 3.84. The Morgan fingerprint density at radius 2 is 1.95 bits per heavy atom. The topological polar surface area (TPSA) is 61.7 Å². The summed E-state index contributed by atoms with van der Waals surface area (Å²) in [4.78, 5) is 0. The van der Waals surface area contributed by atoms with Gasteiger partial charge < -0.3 is 20.3 Å². The average molecular weight is 265 g/mol. The van der Waals surface area contributed by atoms with Crippen molar-refractivity contribution >= 4 is 0 Å². The van der Waals surface area contributed by atoms with Gasteiger partial charge in [-0.05, 0) is 43.4 Å². The minimum absolute atomic E-state index is 0.214. The molecule has 1 aliphatic rings. The Hall–Kier alpha value is -1.10. The quantitative estimate of drug-likeness (QED) is 0.725. The van der Waals surface area contributed by atoms with Crippen molar-refractivity contribution in [3.05, 3.63) is 29.8 Å². The molecule has 1 saturated carbocycles. The molecule has 0 amide bonds. The highest BCUT2D eigenvalue weighted by Crippen LogP contribution is 2.37. The van der Waals surface area contributed by atoms with E-state index in [2.05, 4.69) is 17.4 Å². The normalized spacial score (nSPS) is 25.5. The molecule has 1 aromatic rings. The number of ether oxygens (including phenoxy) is 1. The van der Waals surface area contributed by atoms with Gasteiger partial charge in [0.1, 0.15) is 5.75 Å². The van der Waals surface area contributed by atoms with E-state index in [-0.39, 0.29) is 6.61 Å². The first-order valence-corrected chi connectivity index (χ1v) is 6.74. The summed E-state index contributed by atoms with van der Waals surface area (Å²) in [7, 11) is 1.67. The Morgan fingerprint density at radius 1 is 1.32 bits per heavy atom. The second-order valence-electron chi connectivity index (χ2n) is 5.67. The van der Waals surface area contributed by atoms with Crippen molar-refractivity contribution < 1.29 is 14.9 Å². The van der Waals surface area contributed by atoms with Gasteiger partial charge in [-0.15, -0.1) is 0 Å². The lowest BCUT2D eigenvalue weighted by atomic mass is 9.75. The van der Waals surface area contributed by atoms with Crippen molar-refractivity contribution in [2.45, 2.75) is 37.3 Å². The summed E-state index contributed by atoms with van der Waals surface area (Å²) in [5.74, 6) is 1.47. The molecular weight excluding hydrogens is 242 g/mol. The monoisotopic (exact) mass is 265 g/mol. The highest BCUT2D eigenvalue weighted by Gasteiger charge is 2.31. The molecule has 4 heteroatoms. The molecule has 0 radical (unpaired) electrons. The number of aliphatic hydroxyl groups is 2. The van der Waals surface area contributed by atoms with E-state index in [4.69, 9.17) is 9.84 Å². The van der Waals surface area contributed by atoms with E-state index >= 15 is 0 Å². The van der Waals surface area contributed by atoms with Gasteiger partial charge in [0.05, 0.1) is 19.3 Å². The van der Waals surface area contributed by atoms with Crippen LogP contribution in [0.4, 0.5) is 0 Å². The van der Waals surface area contributed by atoms with Gasteiger partial charge in [0.2, 0.25) is 0 Å². The maximum Gasteiger partial charge on any atom is 0.118 e. The van der Waals surface area contributed by atoms with Gasteiger partial charge in [-0.25, -0.2) is 0 Å². The Balaban J connectivity index is 1.76. The summed E-state index contributed by atoms with van der Waals surface area (Å²) in [6.07, 6.45) is 2.15. The van der Waals surface area contributed by atoms with Gasteiger partial charge >= 0.3 is 0 Å². The zero-order valence-corrected chi connectivity index (χ0v) is 11.6. The maximum absolute atomic E-state index is 9.71. The van der Waals surface area contributed by atoms with Crippen LogP contribution >= 0.6 is 0 Å². The van der Waals surface area contributed by atoms with Crippen LogP contribution in [0.25, 0.3) is 0 Å². The molecule has 19 heavy (non-hydrogen) atoms. The molecule has 1 fully saturated rings. The fraction of sp³-hybridized carbons (Fsp3) is 0.600. The summed E-state index contributed by atoms with van der Waals surface area (Å²) in [5, 5.41) is 22.0. The number of benzene rings is 1. The van der Waals surface area contributed by atoms with E-state index in [0.29, 0.717) is 18.5 Å². The molecule has 4 nitrogen and oxygen atoms in total. The summed E-state index contributed by atoms with van der Waals surface area (Å²) in [5.41, 5.74) is 0.318. The van der Waals surface area contributed by atoms with Gasteiger partial charge in [0, 0.05) is 12.6 Å². The Bertz CT molecular complexity index is 396. The molecular formula is C15H23NO3. The van der Waals surface area contributed by atoms with Gasteiger partial charge in [-0.2, -0.15) is 0 Å². The van der Waals surface area contributed by atoms with Crippen LogP contribution < -0.4 is 10.1 Å². The number of aliphatic hydroxyl groups excluding tert-OH is 1. The summed E-state index contributed by atoms with van der Waals surface area (Å²) >= 11 is 0. The van der Waals surface area contributed by atoms with Crippen molar-refractivity contribution in [2.24, 2.45) is 0 Å². The van der Waals surface area contributed by atoms with Crippen LogP contribution in [-0.4, -0.2) is 42.1 Å². The third kappa shape index (κ3) is 3.69. The lowest BCUT2D eigenvalue weighted by Gasteiger charge is -2.38. The van der Waals surface area contributed by atoms with E-state index in [0.717, 1.165) is 18.6 Å². The van der Waals surface area contributed by atoms with E-state index in [1.54, 1.807) is 14.0 Å². The van der Waals surface area contributed by atoms with Gasteiger partial charge in [0.15, 0.2) is 0 Å². The molecule has 1 aromatic carbocycles. The van der Waals surface area contributed by atoms with Gasteiger partial charge in [-0.3, -0.25) is 0 Å². The average Bonchev–Trinajstić information content (AvgIpc) is 2.37. The highest BCUT2D eigenvalue weighted by molar-refractivity contribution is 5.30. The Labute approximate surface area is 114 Å². The van der Waals surface area contributed by atoms with Crippen LogP contribution in [0, 0.1) is 0 Å². The standard InChI is InChI=1S/C15H23NO3/c1-15(18,10-17)9-16-13-7-12(8-13)11-3-5-14(19-2)6-4-11/h3-6,12-13,16-18H,7-10H2,1-2H3. The molecule has 0 bridgehead atoms. The third-order valence-electron chi connectivity index (χ3n) is 3.84. The number of rotatable bonds is 6.